The Bertz CT molecular complexity index is 737. The number of rotatable bonds is 5. The molecular formula is C17H21N3O3S. The molecule has 128 valence electrons. The lowest BCUT2D eigenvalue weighted by atomic mass is 10.1. The number of benzene rings is 1. The number of nitrogens with one attached hydrogen (secondary N) is 2. The van der Waals surface area contributed by atoms with E-state index in [9.17, 15) is 4.79 Å². The van der Waals surface area contributed by atoms with E-state index in [1.807, 2.05) is 18.2 Å². The van der Waals surface area contributed by atoms with Crippen molar-refractivity contribution in [3.8, 4) is 22.1 Å². The van der Waals surface area contributed by atoms with Crippen LogP contribution in [0.1, 0.15) is 31.3 Å². The van der Waals surface area contributed by atoms with Gasteiger partial charge in [-0.1, -0.05) is 0 Å². The SMILES string of the molecule is CC(C)(C)NCCNC(=O)c1csc(-c2ccc3c(c2)OCO3)n1. The molecule has 1 aromatic heterocycles. The highest BCUT2D eigenvalue weighted by Gasteiger charge is 2.17. The van der Waals surface area contributed by atoms with Crippen molar-refractivity contribution in [3.63, 3.8) is 0 Å². The van der Waals surface area contributed by atoms with Crippen molar-refractivity contribution in [2.45, 2.75) is 26.3 Å². The van der Waals surface area contributed by atoms with E-state index < -0.39 is 0 Å². The summed E-state index contributed by atoms with van der Waals surface area (Å²) in [5.41, 5.74) is 1.39. The van der Waals surface area contributed by atoms with Crippen molar-refractivity contribution >= 4 is 17.2 Å². The number of ether oxygens (including phenoxy) is 2. The quantitative estimate of drug-likeness (QED) is 0.814. The Balaban J connectivity index is 1.60. The molecule has 3 rings (SSSR count). The zero-order valence-corrected chi connectivity index (χ0v) is 14.8. The van der Waals surface area contributed by atoms with Crippen LogP contribution in [0.3, 0.4) is 0 Å². The number of fused-ring (bicyclic) bond motifs is 1. The number of carbonyl (C=O) groups is 1. The molecule has 0 radical (unpaired) electrons. The molecule has 2 N–H and O–H groups in total. The molecule has 0 atom stereocenters. The average Bonchev–Trinajstić information content (AvgIpc) is 3.18. The highest BCUT2D eigenvalue weighted by molar-refractivity contribution is 7.13. The summed E-state index contributed by atoms with van der Waals surface area (Å²) < 4.78 is 10.7. The lowest BCUT2D eigenvalue weighted by Gasteiger charge is -2.20. The van der Waals surface area contributed by atoms with Crippen LogP contribution in [0.2, 0.25) is 0 Å². The molecule has 0 saturated carbocycles. The Kier molecular flexibility index (Phi) is 4.73. The summed E-state index contributed by atoms with van der Waals surface area (Å²) in [6, 6.07) is 5.66. The molecule has 1 aromatic carbocycles. The summed E-state index contributed by atoms with van der Waals surface area (Å²) in [7, 11) is 0. The van der Waals surface area contributed by atoms with Gasteiger partial charge in [0.15, 0.2) is 11.5 Å². The maximum Gasteiger partial charge on any atom is 0.270 e. The largest absolute Gasteiger partial charge is 0.454 e. The van der Waals surface area contributed by atoms with Gasteiger partial charge >= 0.3 is 0 Å². The Morgan fingerprint density at radius 3 is 2.83 bits per heavy atom. The number of hydrogen-bond donors (Lipinski definition) is 2. The van der Waals surface area contributed by atoms with Gasteiger partial charge < -0.3 is 20.1 Å². The molecule has 1 amide bonds. The van der Waals surface area contributed by atoms with Crippen LogP contribution in [-0.2, 0) is 0 Å². The zero-order valence-electron chi connectivity index (χ0n) is 14.0. The maximum absolute atomic E-state index is 12.2. The van der Waals surface area contributed by atoms with Crippen molar-refractivity contribution in [3.05, 3.63) is 29.3 Å². The number of nitrogens with zero attached hydrogens (tertiary/aromatic N) is 1. The number of hydrogen-bond acceptors (Lipinski definition) is 6. The summed E-state index contributed by atoms with van der Waals surface area (Å²) >= 11 is 1.44. The maximum atomic E-state index is 12.2. The van der Waals surface area contributed by atoms with Gasteiger partial charge in [-0.3, -0.25) is 4.79 Å². The first-order valence-corrected chi connectivity index (χ1v) is 8.69. The summed E-state index contributed by atoms with van der Waals surface area (Å²) in [6.07, 6.45) is 0. The second-order valence-electron chi connectivity index (χ2n) is 6.54. The standard InChI is InChI=1S/C17H21N3O3S/c1-17(2,3)19-7-6-18-15(21)12-9-24-16(20-12)11-4-5-13-14(8-11)23-10-22-13/h4-5,8-9,19H,6-7,10H2,1-3H3,(H,18,21). The lowest BCUT2D eigenvalue weighted by Crippen LogP contribution is -2.41. The molecule has 0 saturated heterocycles. The van der Waals surface area contributed by atoms with Gasteiger partial charge in [-0.2, -0.15) is 0 Å². The first-order valence-electron chi connectivity index (χ1n) is 7.81. The van der Waals surface area contributed by atoms with Crippen LogP contribution in [0.5, 0.6) is 11.5 Å². The van der Waals surface area contributed by atoms with Gasteiger partial charge in [-0.05, 0) is 39.0 Å². The van der Waals surface area contributed by atoms with Crippen LogP contribution >= 0.6 is 11.3 Å². The molecule has 0 spiro atoms. The fourth-order valence-corrected chi connectivity index (χ4v) is 3.04. The van der Waals surface area contributed by atoms with Crippen LogP contribution in [0.15, 0.2) is 23.6 Å². The minimum Gasteiger partial charge on any atom is -0.454 e. The van der Waals surface area contributed by atoms with Gasteiger partial charge in [0, 0.05) is 29.6 Å². The van der Waals surface area contributed by atoms with Crippen LogP contribution in [-0.4, -0.2) is 36.3 Å². The summed E-state index contributed by atoms with van der Waals surface area (Å²) in [4.78, 5) is 16.6. The molecule has 24 heavy (non-hydrogen) atoms. The van der Waals surface area contributed by atoms with Crippen molar-refractivity contribution < 1.29 is 14.3 Å². The molecule has 2 aromatic rings. The van der Waals surface area contributed by atoms with E-state index in [2.05, 4.69) is 36.4 Å². The Labute approximate surface area is 145 Å². The Morgan fingerprint density at radius 1 is 1.25 bits per heavy atom. The normalized spacial score (nSPS) is 13.1. The topological polar surface area (TPSA) is 72.5 Å². The predicted octanol–water partition coefficient (Wildman–Crippen LogP) is 2.66. The van der Waals surface area contributed by atoms with Crippen molar-refractivity contribution in [2.24, 2.45) is 0 Å². The van der Waals surface area contributed by atoms with E-state index in [1.165, 1.54) is 11.3 Å². The van der Waals surface area contributed by atoms with Crippen LogP contribution in [0, 0.1) is 0 Å². The number of carbonyl (C=O) groups excluding carboxylic acids is 1. The van der Waals surface area contributed by atoms with Crippen LogP contribution in [0.25, 0.3) is 10.6 Å². The van der Waals surface area contributed by atoms with Gasteiger partial charge in [-0.15, -0.1) is 11.3 Å². The van der Waals surface area contributed by atoms with Gasteiger partial charge in [0.2, 0.25) is 6.79 Å². The smallest absolute Gasteiger partial charge is 0.270 e. The van der Waals surface area contributed by atoms with E-state index >= 15 is 0 Å². The molecule has 1 aliphatic heterocycles. The van der Waals surface area contributed by atoms with Gasteiger partial charge in [0.25, 0.3) is 5.91 Å². The lowest BCUT2D eigenvalue weighted by molar-refractivity contribution is 0.0949. The van der Waals surface area contributed by atoms with E-state index in [0.717, 1.165) is 16.3 Å². The van der Waals surface area contributed by atoms with Crippen LogP contribution in [0.4, 0.5) is 0 Å². The summed E-state index contributed by atoms with van der Waals surface area (Å²) in [5, 5.41) is 8.76. The molecule has 0 bridgehead atoms. The van der Waals surface area contributed by atoms with Gasteiger partial charge in [0.05, 0.1) is 0 Å². The highest BCUT2D eigenvalue weighted by Crippen LogP contribution is 2.36. The molecule has 6 nitrogen and oxygen atoms in total. The fraction of sp³-hybridized carbons (Fsp3) is 0.412. The average molecular weight is 347 g/mol. The number of aromatic nitrogens is 1. The molecule has 1 aliphatic rings. The minimum absolute atomic E-state index is 0.0396. The number of thiazole rings is 1. The van der Waals surface area contributed by atoms with E-state index in [1.54, 1.807) is 5.38 Å². The van der Waals surface area contributed by atoms with Crippen LogP contribution < -0.4 is 20.1 Å². The van der Waals surface area contributed by atoms with E-state index in [0.29, 0.717) is 24.5 Å². The van der Waals surface area contributed by atoms with E-state index in [-0.39, 0.29) is 18.2 Å². The third-order valence-corrected chi connectivity index (χ3v) is 4.31. The summed E-state index contributed by atoms with van der Waals surface area (Å²) in [6.45, 7) is 7.79. The second-order valence-corrected chi connectivity index (χ2v) is 7.40. The van der Waals surface area contributed by atoms with Crippen molar-refractivity contribution in [1.82, 2.24) is 15.6 Å². The Morgan fingerprint density at radius 2 is 2.04 bits per heavy atom. The molecule has 0 aliphatic carbocycles. The predicted molar refractivity (Wildman–Crippen MR) is 93.8 cm³/mol. The van der Waals surface area contributed by atoms with Gasteiger partial charge in [-0.25, -0.2) is 4.98 Å². The third kappa shape index (κ3) is 4.04. The van der Waals surface area contributed by atoms with Crippen molar-refractivity contribution in [2.75, 3.05) is 19.9 Å². The van der Waals surface area contributed by atoms with Gasteiger partial charge in [0.1, 0.15) is 10.7 Å². The molecule has 7 heteroatoms. The first-order chi connectivity index (χ1) is 11.4. The third-order valence-electron chi connectivity index (χ3n) is 3.42. The first kappa shape index (κ1) is 16.7. The fourth-order valence-electron chi connectivity index (χ4n) is 2.24. The number of amides is 1. The molecule has 2 heterocycles. The Hall–Kier alpha value is -2.12. The second kappa shape index (κ2) is 6.78. The van der Waals surface area contributed by atoms with E-state index in [4.69, 9.17) is 9.47 Å². The molecule has 0 fully saturated rings. The van der Waals surface area contributed by atoms with Crippen molar-refractivity contribution in [1.29, 1.82) is 0 Å². The highest BCUT2D eigenvalue weighted by atomic mass is 32.1. The minimum atomic E-state index is -0.158. The monoisotopic (exact) mass is 347 g/mol. The zero-order chi connectivity index (χ0) is 17.2. The summed E-state index contributed by atoms with van der Waals surface area (Å²) in [5.74, 6) is 1.29. The molecule has 0 unspecified atom stereocenters. The molecular weight excluding hydrogens is 326 g/mol.